The summed E-state index contributed by atoms with van der Waals surface area (Å²) in [4.78, 5) is 8.99. The summed E-state index contributed by atoms with van der Waals surface area (Å²) in [7, 11) is -3.36. The van der Waals surface area contributed by atoms with Crippen LogP contribution in [0.3, 0.4) is 0 Å². The van der Waals surface area contributed by atoms with E-state index in [-0.39, 0.29) is 22.3 Å². The third-order valence-electron chi connectivity index (χ3n) is 5.16. The van der Waals surface area contributed by atoms with Gasteiger partial charge >= 0.3 is 0 Å². The summed E-state index contributed by atoms with van der Waals surface area (Å²) in [6.07, 6.45) is 2.30. The highest BCUT2D eigenvalue weighted by molar-refractivity contribution is 7.92. The molecule has 0 aliphatic carbocycles. The van der Waals surface area contributed by atoms with Crippen LogP contribution in [0.15, 0.2) is 64.0 Å². The molecular formula is C23H24N6O3S. The fourth-order valence-electron chi connectivity index (χ4n) is 3.20. The standard InChI is InChI=1S/C23H24N6O3S/c1-14(2)33(30,31)18-9-7-16(8-10-18)19-13-26-21(25)20(27-19)23-29-28-22(32-23)17-5-3-15(4-6-17)11-12-24/h3-10,13-14H,11-12,24H2,1-2H3,(H2,25,26). The highest BCUT2D eigenvalue weighted by atomic mass is 32.2. The third kappa shape index (κ3) is 4.62. The second-order valence-electron chi connectivity index (χ2n) is 7.76. The Balaban J connectivity index is 1.63. The minimum atomic E-state index is -3.36. The summed E-state index contributed by atoms with van der Waals surface area (Å²) in [6.45, 7) is 3.87. The largest absolute Gasteiger partial charge is 0.414 e. The van der Waals surface area contributed by atoms with Gasteiger partial charge in [0.05, 0.1) is 22.0 Å². The lowest BCUT2D eigenvalue weighted by Gasteiger charge is -2.09. The molecule has 0 atom stereocenters. The SMILES string of the molecule is CC(C)S(=O)(=O)c1ccc(-c2cnc(N)c(-c3nnc(-c4ccc(CCN)cc4)o3)n2)cc1. The van der Waals surface area contributed by atoms with Crippen molar-refractivity contribution in [3.05, 3.63) is 60.3 Å². The van der Waals surface area contributed by atoms with Gasteiger partial charge in [-0.25, -0.2) is 18.4 Å². The maximum Gasteiger partial charge on any atom is 0.270 e. The Kier molecular flexibility index (Phi) is 6.21. The van der Waals surface area contributed by atoms with Crippen LogP contribution in [-0.4, -0.2) is 40.4 Å². The van der Waals surface area contributed by atoms with Crippen LogP contribution in [0, 0.1) is 0 Å². The first-order valence-electron chi connectivity index (χ1n) is 10.4. The summed E-state index contributed by atoms with van der Waals surface area (Å²) in [5, 5.41) is 7.69. The molecule has 170 valence electrons. The monoisotopic (exact) mass is 464 g/mol. The van der Waals surface area contributed by atoms with E-state index in [0.29, 0.717) is 23.7 Å². The Labute approximate surface area is 191 Å². The third-order valence-corrected chi connectivity index (χ3v) is 7.33. The molecule has 4 rings (SSSR count). The Morgan fingerprint density at radius 3 is 2.21 bits per heavy atom. The van der Waals surface area contributed by atoms with Crippen molar-refractivity contribution in [3.63, 3.8) is 0 Å². The fraction of sp³-hybridized carbons (Fsp3) is 0.217. The van der Waals surface area contributed by atoms with E-state index in [1.54, 1.807) is 38.1 Å². The highest BCUT2D eigenvalue weighted by Gasteiger charge is 2.20. The Bertz CT molecular complexity index is 1360. The second kappa shape index (κ2) is 9.08. The van der Waals surface area contributed by atoms with E-state index in [0.717, 1.165) is 17.5 Å². The zero-order valence-corrected chi connectivity index (χ0v) is 19.1. The van der Waals surface area contributed by atoms with Gasteiger partial charge in [0.2, 0.25) is 5.89 Å². The van der Waals surface area contributed by atoms with Crippen molar-refractivity contribution in [1.29, 1.82) is 0 Å². The molecule has 0 spiro atoms. The highest BCUT2D eigenvalue weighted by Crippen LogP contribution is 2.28. The predicted molar refractivity (Wildman–Crippen MR) is 126 cm³/mol. The van der Waals surface area contributed by atoms with Crippen LogP contribution < -0.4 is 11.5 Å². The number of hydrogen-bond acceptors (Lipinski definition) is 9. The van der Waals surface area contributed by atoms with Gasteiger partial charge in [0.1, 0.15) is 0 Å². The van der Waals surface area contributed by atoms with Crippen molar-refractivity contribution in [2.75, 3.05) is 12.3 Å². The molecule has 0 aliphatic heterocycles. The minimum absolute atomic E-state index is 0.141. The quantitative estimate of drug-likeness (QED) is 0.420. The summed E-state index contributed by atoms with van der Waals surface area (Å²) < 4.78 is 30.5. The summed E-state index contributed by atoms with van der Waals surface area (Å²) >= 11 is 0. The van der Waals surface area contributed by atoms with Gasteiger partial charge in [-0.15, -0.1) is 10.2 Å². The zero-order valence-electron chi connectivity index (χ0n) is 18.3. The number of rotatable bonds is 7. The minimum Gasteiger partial charge on any atom is -0.414 e. The van der Waals surface area contributed by atoms with Crippen LogP contribution in [0.4, 0.5) is 5.82 Å². The van der Waals surface area contributed by atoms with E-state index in [9.17, 15) is 8.42 Å². The van der Waals surface area contributed by atoms with Gasteiger partial charge in [-0.2, -0.15) is 0 Å². The number of anilines is 1. The van der Waals surface area contributed by atoms with Gasteiger partial charge in [0.15, 0.2) is 21.3 Å². The van der Waals surface area contributed by atoms with E-state index < -0.39 is 15.1 Å². The van der Waals surface area contributed by atoms with Crippen LogP contribution in [0.25, 0.3) is 34.3 Å². The lowest BCUT2D eigenvalue weighted by atomic mass is 10.1. The molecule has 4 N–H and O–H groups in total. The molecule has 10 heteroatoms. The molecule has 0 bridgehead atoms. The number of sulfone groups is 1. The van der Waals surface area contributed by atoms with Gasteiger partial charge < -0.3 is 15.9 Å². The first-order chi connectivity index (χ1) is 15.8. The number of hydrogen-bond donors (Lipinski definition) is 2. The fourth-order valence-corrected chi connectivity index (χ4v) is 4.26. The second-order valence-corrected chi connectivity index (χ2v) is 10.3. The van der Waals surface area contributed by atoms with Gasteiger partial charge in [-0.3, -0.25) is 0 Å². The van der Waals surface area contributed by atoms with Crippen LogP contribution in [0.2, 0.25) is 0 Å². The summed E-state index contributed by atoms with van der Waals surface area (Å²) in [6, 6.07) is 14.2. The van der Waals surface area contributed by atoms with Gasteiger partial charge in [-0.05, 0) is 56.6 Å². The average molecular weight is 465 g/mol. The van der Waals surface area contributed by atoms with Crippen LogP contribution in [0.5, 0.6) is 0 Å². The number of nitrogens with zero attached hydrogens (tertiary/aromatic N) is 4. The van der Waals surface area contributed by atoms with Crippen molar-refractivity contribution in [3.8, 4) is 34.3 Å². The number of benzene rings is 2. The average Bonchev–Trinajstić information content (AvgIpc) is 3.30. The molecule has 33 heavy (non-hydrogen) atoms. The molecule has 2 heterocycles. The lowest BCUT2D eigenvalue weighted by Crippen LogP contribution is -2.13. The van der Waals surface area contributed by atoms with Gasteiger partial charge in [-0.1, -0.05) is 24.3 Å². The molecule has 9 nitrogen and oxygen atoms in total. The molecule has 0 saturated heterocycles. The molecule has 4 aromatic rings. The number of aromatic nitrogens is 4. The van der Waals surface area contributed by atoms with Gasteiger partial charge in [0, 0.05) is 11.1 Å². The first-order valence-corrected chi connectivity index (χ1v) is 11.9. The Morgan fingerprint density at radius 1 is 0.939 bits per heavy atom. The first kappa shape index (κ1) is 22.6. The molecule has 2 aromatic heterocycles. The lowest BCUT2D eigenvalue weighted by molar-refractivity contribution is 0.582. The van der Waals surface area contributed by atoms with E-state index in [2.05, 4.69) is 20.2 Å². The molecule has 0 amide bonds. The topological polar surface area (TPSA) is 151 Å². The smallest absolute Gasteiger partial charge is 0.270 e. The number of nitrogen functional groups attached to an aromatic ring is 1. The molecule has 0 radical (unpaired) electrons. The molecule has 2 aromatic carbocycles. The molecule has 0 unspecified atom stereocenters. The maximum absolute atomic E-state index is 12.4. The zero-order chi connectivity index (χ0) is 23.6. The summed E-state index contributed by atoms with van der Waals surface area (Å²) in [5.74, 6) is 0.618. The van der Waals surface area contributed by atoms with Crippen molar-refractivity contribution >= 4 is 15.7 Å². The normalized spacial score (nSPS) is 11.8. The predicted octanol–water partition coefficient (Wildman–Crippen LogP) is 3.13. The van der Waals surface area contributed by atoms with Crippen LogP contribution in [0.1, 0.15) is 19.4 Å². The Morgan fingerprint density at radius 2 is 1.58 bits per heavy atom. The van der Waals surface area contributed by atoms with Crippen molar-refractivity contribution in [1.82, 2.24) is 20.2 Å². The van der Waals surface area contributed by atoms with Crippen LogP contribution in [-0.2, 0) is 16.3 Å². The van der Waals surface area contributed by atoms with Gasteiger partial charge in [0.25, 0.3) is 5.89 Å². The van der Waals surface area contributed by atoms with Crippen molar-refractivity contribution in [2.45, 2.75) is 30.4 Å². The van der Waals surface area contributed by atoms with E-state index in [1.165, 1.54) is 6.20 Å². The molecular weight excluding hydrogens is 440 g/mol. The van der Waals surface area contributed by atoms with E-state index in [4.69, 9.17) is 15.9 Å². The number of nitrogens with two attached hydrogens (primary N) is 2. The molecule has 0 aliphatic rings. The van der Waals surface area contributed by atoms with E-state index >= 15 is 0 Å². The molecule has 0 fully saturated rings. The van der Waals surface area contributed by atoms with Crippen molar-refractivity contribution in [2.24, 2.45) is 5.73 Å². The van der Waals surface area contributed by atoms with Crippen LogP contribution >= 0.6 is 0 Å². The Hall–Kier alpha value is -3.63. The molecule has 0 saturated carbocycles. The van der Waals surface area contributed by atoms with E-state index in [1.807, 2.05) is 24.3 Å². The van der Waals surface area contributed by atoms with Crippen molar-refractivity contribution < 1.29 is 12.8 Å². The summed E-state index contributed by atoms with van der Waals surface area (Å²) in [5.41, 5.74) is 14.9. The maximum atomic E-state index is 12.4.